The molecule has 0 saturated carbocycles. The lowest BCUT2D eigenvalue weighted by molar-refractivity contribution is -0.545. The monoisotopic (exact) mass is 464 g/mol. The molecule has 1 fully saturated rings. The van der Waals surface area contributed by atoms with Gasteiger partial charge in [0.05, 0.1) is 13.1 Å². The van der Waals surface area contributed by atoms with Gasteiger partial charge in [0.25, 0.3) is 5.91 Å². The fourth-order valence-electron chi connectivity index (χ4n) is 4.87. The van der Waals surface area contributed by atoms with Gasteiger partial charge >= 0.3 is 12.0 Å². The molecule has 1 saturated heterocycles. The van der Waals surface area contributed by atoms with Gasteiger partial charge in [-0.2, -0.15) is 0 Å². The maximum absolute atomic E-state index is 13.6. The molecule has 2 aromatic rings. The van der Waals surface area contributed by atoms with Crippen LogP contribution in [-0.4, -0.2) is 70.8 Å². The molecule has 2 unspecified atom stereocenters. The molecule has 0 aliphatic carbocycles. The van der Waals surface area contributed by atoms with Crippen molar-refractivity contribution < 1.29 is 14.2 Å². The predicted molar refractivity (Wildman–Crippen MR) is 129 cm³/mol. The van der Waals surface area contributed by atoms with Crippen molar-refractivity contribution in [3.8, 4) is 0 Å². The van der Waals surface area contributed by atoms with E-state index >= 15 is 0 Å². The molecule has 3 heterocycles. The Hall–Kier alpha value is -3.19. The number of urea groups is 1. The number of hydrogen-bond donors (Lipinski definition) is 0. The zero-order valence-electron chi connectivity index (χ0n) is 19.0. The number of carbonyl (C=O) groups is 2. The normalized spacial score (nSPS) is 22.5. The van der Waals surface area contributed by atoms with Crippen LogP contribution in [0.15, 0.2) is 53.5 Å². The number of aryl methyl sites for hydroxylation is 1. The number of likely N-dealkylation sites (N-methyl/N-ethyl adjacent to an activating group) is 1. The summed E-state index contributed by atoms with van der Waals surface area (Å²) in [5, 5.41) is 0.652. The Kier molecular flexibility index (Phi) is 5.44. The first-order valence-electron chi connectivity index (χ1n) is 11.2. The van der Waals surface area contributed by atoms with Crippen LogP contribution in [0.3, 0.4) is 0 Å². The van der Waals surface area contributed by atoms with Crippen LogP contribution in [0, 0.1) is 12.8 Å². The smallest absolute Gasteiger partial charge is 0.270 e. The van der Waals surface area contributed by atoms with E-state index < -0.39 is 6.04 Å². The standard InChI is InChI=1S/C25H27ClN5O2/c1-16-14-30(20-13-19(26)10-9-17(20)2)24-27-22-21(31(24)15-16)23(32)29(25(33)28(22)3)12-11-18-7-5-4-6-8-18/h4-10,13,16,21H,11-12,14-15H2,1-3H3/q+1. The number of carbonyl (C=O) groups excluding carboxylic acids is 2. The van der Waals surface area contributed by atoms with Crippen LogP contribution in [0.5, 0.6) is 0 Å². The summed E-state index contributed by atoms with van der Waals surface area (Å²) in [5.74, 6) is 1.29. The summed E-state index contributed by atoms with van der Waals surface area (Å²) in [6.45, 7) is 6.00. The summed E-state index contributed by atoms with van der Waals surface area (Å²) in [6.07, 6.45) is 0.617. The summed E-state index contributed by atoms with van der Waals surface area (Å²) in [5.41, 5.74) is 3.14. The highest BCUT2D eigenvalue weighted by molar-refractivity contribution is 6.31. The predicted octanol–water partition coefficient (Wildman–Crippen LogP) is 3.39. The third kappa shape index (κ3) is 3.70. The molecule has 2 aromatic carbocycles. The number of hydrogen-bond acceptors (Lipinski definition) is 4. The molecule has 2 atom stereocenters. The molecule has 7 nitrogen and oxygen atoms in total. The van der Waals surface area contributed by atoms with Gasteiger partial charge in [0.15, 0.2) is 0 Å². The lowest BCUT2D eigenvalue weighted by Gasteiger charge is -2.35. The number of nitrogens with zero attached hydrogens (tertiary/aromatic N) is 5. The van der Waals surface area contributed by atoms with Crippen molar-refractivity contribution in [2.75, 3.05) is 31.6 Å². The van der Waals surface area contributed by atoms with Crippen LogP contribution in [0.2, 0.25) is 5.02 Å². The molecule has 3 aliphatic heterocycles. The van der Waals surface area contributed by atoms with Crippen molar-refractivity contribution in [1.82, 2.24) is 9.80 Å². The topological polar surface area (TPSA) is 59.2 Å². The van der Waals surface area contributed by atoms with Crippen molar-refractivity contribution >= 4 is 41.0 Å². The fourth-order valence-corrected chi connectivity index (χ4v) is 5.03. The Morgan fingerprint density at radius 3 is 2.67 bits per heavy atom. The lowest BCUT2D eigenvalue weighted by Crippen LogP contribution is -2.64. The van der Waals surface area contributed by atoms with Crippen LogP contribution in [-0.2, 0) is 11.2 Å². The Balaban J connectivity index is 1.50. The molecule has 5 rings (SSSR count). The van der Waals surface area contributed by atoms with Crippen LogP contribution in [0.4, 0.5) is 10.5 Å². The van der Waals surface area contributed by atoms with E-state index in [2.05, 4.69) is 11.8 Å². The second-order valence-corrected chi connectivity index (χ2v) is 9.47. The van der Waals surface area contributed by atoms with Crippen molar-refractivity contribution in [2.45, 2.75) is 26.3 Å². The van der Waals surface area contributed by atoms with E-state index in [-0.39, 0.29) is 11.9 Å². The Morgan fingerprint density at radius 1 is 1.15 bits per heavy atom. The third-order valence-corrected chi connectivity index (χ3v) is 6.80. The highest BCUT2D eigenvalue weighted by Crippen LogP contribution is 2.31. The largest absolute Gasteiger partial charge is 0.397 e. The molecule has 0 N–H and O–H groups in total. The van der Waals surface area contributed by atoms with Crippen LogP contribution < -0.4 is 4.90 Å². The zero-order valence-corrected chi connectivity index (χ0v) is 19.8. The minimum absolute atomic E-state index is 0.209. The highest BCUT2D eigenvalue weighted by atomic mass is 35.5. The summed E-state index contributed by atoms with van der Waals surface area (Å²) >= 11 is 6.31. The van der Waals surface area contributed by atoms with Crippen LogP contribution >= 0.6 is 11.6 Å². The molecule has 33 heavy (non-hydrogen) atoms. The Labute approximate surface area is 198 Å². The summed E-state index contributed by atoms with van der Waals surface area (Å²) < 4.78 is 2.05. The van der Waals surface area contributed by atoms with Gasteiger partial charge in [-0.3, -0.25) is 14.6 Å². The number of aliphatic imine (C=N–C) groups is 1. The molecular formula is C25H27ClN5O2+. The number of anilines is 1. The van der Waals surface area contributed by atoms with Gasteiger partial charge in [0.1, 0.15) is 5.69 Å². The maximum Gasteiger partial charge on any atom is 0.397 e. The maximum atomic E-state index is 13.6. The molecule has 170 valence electrons. The van der Waals surface area contributed by atoms with E-state index in [9.17, 15) is 9.59 Å². The lowest BCUT2D eigenvalue weighted by atomic mass is 10.0. The summed E-state index contributed by atoms with van der Waals surface area (Å²) in [6, 6.07) is 14.8. The minimum atomic E-state index is -0.594. The average Bonchev–Trinajstić information content (AvgIpc) is 3.19. The van der Waals surface area contributed by atoms with Crippen LogP contribution in [0.1, 0.15) is 18.1 Å². The van der Waals surface area contributed by atoms with Crippen molar-refractivity contribution in [3.05, 3.63) is 64.7 Å². The highest BCUT2D eigenvalue weighted by Gasteiger charge is 2.55. The van der Waals surface area contributed by atoms with Gasteiger partial charge < -0.3 is 0 Å². The van der Waals surface area contributed by atoms with E-state index in [1.54, 1.807) is 7.05 Å². The first-order valence-corrected chi connectivity index (χ1v) is 11.6. The minimum Gasteiger partial charge on any atom is -0.270 e. The van der Waals surface area contributed by atoms with Gasteiger partial charge in [-0.1, -0.05) is 59.9 Å². The first kappa shape index (κ1) is 21.6. The van der Waals surface area contributed by atoms with Gasteiger partial charge in [0, 0.05) is 24.5 Å². The number of rotatable bonds is 4. The number of imide groups is 1. The molecule has 0 aromatic heterocycles. The second-order valence-electron chi connectivity index (χ2n) is 9.04. The molecule has 3 aliphatic rings. The first-order chi connectivity index (χ1) is 15.8. The number of guanidine groups is 1. The van der Waals surface area contributed by atoms with Gasteiger partial charge in [0.2, 0.25) is 11.9 Å². The quantitative estimate of drug-likeness (QED) is 0.652. The molecule has 0 radical (unpaired) electrons. The number of amides is 3. The average molecular weight is 465 g/mol. The van der Waals surface area contributed by atoms with Crippen LogP contribution in [0.25, 0.3) is 0 Å². The van der Waals surface area contributed by atoms with Gasteiger partial charge in [-0.05, 0) is 36.6 Å². The SMILES string of the molecule is Cc1ccc(Cl)cc1N1CC(C)C[N+]2=C1N=C1C2C(=O)N(CCc2ccccc2)C(=O)N1C. The van der Waals surface area contributed by atoms with Crippen molar-refractivity contribution in [3.63, 3.8) is 0 Å². The summed E-state index contributed by atoms with van der Waals surface area (Å²) in [4.78, 5) is 36.6. The summed E-state index contributed by atoms with van der Waals surface area (Å²) in [7, 11) is 1.70. The van der Waals surface area contributed by atoms with E-state index in [1.165, 1.54) is 9.80 Å². The van der Waals surface area contributed by atoms with Crippen molar-refractivity contribution in [1.29, 1.82) is 0 Å². The number of benzene rings is 2. The van der Waals surface area contributed by atoms with E-state index in [1.807, 2.05) is 60.0 Å². The molecular weight excluding hydrogens is 438 g/mol. The van der Waals surface area contributed by atoms with E-state index in [0.717, 1.165) is 23.4 Å². The second kappa shape index (κ2) is 8.30. The van der Waals surface area contributed by atoms with Gasteiger partial charge in [-0.15, -0.1) is 0 Å². The Bertz CT molecular complexity index is 1190. The molecule has 0 spiro atoms. The van der Waals surface area contributed by atoms with Crippen molar-refractivity contribution in [2.24, 2.45) is 10.9 Å². The fraction of sp³-hybridized carbons (Fsp3) is 0.360. The van der Waals surface area contributed by atoms with Gasteiger partial charge in [-0.25, -0.2) is 14.3 Å². The number of fused-ring (bicyclic) bond motifs is 2. The molecule has 3 amide bonds. The van der Waals surface area contributed by atoms with E-state index in [0.29, 0.717) is 42.2 Å². The third-order valence-electron chi connectivity index (χ3n) is 6.56. The zero-order chi connectivity index (χ0) is 23.3. The molecule has 0 bridgehead atoms. The molecule has 8 heteroatoms. The number of halogens is 1. The Morgan fingerprint density at radius 2 is 1.91 bits per heavy atom. The van der Waals surface area contributed by atoms with E-state index in [4.69, 9.17) is 16.6 Å². The number of amidine groups is 1.